The lowest BCUT2D eigenvalue weighted by Gasteiger charge is -2.39. The van der Waals surface area contributed by atoms with E-state index in [1.807, 2.05) is 0 Å². The van der Waals surface area contributed by atoms with Crippen molar-refractivity contribution in [2.24, 2.45) is 0 Å². The summed E-state index contributed by atoms with van der Waals surface area (Å²) in [6.07, 6.45) is -0.827. The molecule has 1 aliphatic rings. The maximum Gasteiger partial charge on any atom is 0.204 e. The lowest BCUT2D eigenvalue weighted by molar-refractivity contribution is -0.395. The summed E-state index contributed by atoms with van der Waals surface area (Å²) in [6.45, 7) is 4.04. The summed E-state index contributed by atoms with van der Waals surface area (Å²) in [5.74, 6) is -0.629. The molecule has 1 N–H and O–H groups in total. The molecule has 1 saturated heterocycles. The number of ether oxygens (including phenoxy) is 4. The van der Waals surface area contributed by atoms with Crippen LogP contribution in [0.25, 0.3) is 0 Å². The molecule has 1 aliphatic heterocycles. The highest BCUT2D eigenvalue weighted by molar-refractivity contribution is 7.46. The number of hydrogen-bond donors (Lipinski definition) is 1. The van der Waals surface area contributed by atoms with E-state index in [0.717, 1.165) is 0 Å². The Balaban J connectivity index is 2.37. The van der Waals surface area contributed by atoms with Crippen LogP contribution in [-0.2, 0) is 23.5 Å². The second kappa shape index (κ2) is 6.70. The Morgan fingerprint density at radius 1 is 1.47 bits per heavy atom. The largest absolute Gasteiger partial charge is 0.359 e. The van der Waals surface area contributed by atoms with Gasteiger partial charge in [0.2, 0.25) is 8.38 Å². The maximum absolute atomic E-state index is 9.66. The zero-order valence-corrected chi connectivity index (χ0v) is 9.98. The van der Waals surface area contributed by atoms with Crippen LogP contribution in [0.15, 0.2) is 0 Å². The van der Waals surface area contributed by atoms with Crippen LogP contribution in [0.3, 0.4) is 0 Å². The van der Waals surface area contributed by atoms with Gasteiger partial charge in [0.05, 0.1) is 6.61 Å². The summed E-state index contributed by atoms with van der Waals surface area (Å²) >= 11 is 0. The first-order valence-corrected chi connectivity index (χ1v) is 5.99. The van der Waals surface area contributed by atoms with Gasteiger partial charge in [-0.3, -0.25) is 0 Å². The monoisotopic (exact) mass is 240 g/mol. The van der Waals surface area contributed by atoms with Crippen molar-refractivity contribution in [2.75, 3.05) is 20.5 Å². The molecule has 1 rings (SSSR count). The molecule has 0 spiro atoms. The van der Waals surface area contributed by atoms with Gasteiger partial charge in [-0.2, -0.15) is 0 Å². The summed E-state index contributed by atoms with van der Waals surface area (Å²) in [4.78, 5) is 9.66. The van der Waals surface area contributed by atoms with E-state index in [1.54, 1.807) is 13.8 Å². The normalized spacial score (nSPS) is 29.6. The molecule has 90 valence electrons. The van der Waals surface area contributed by atoms with Gasteiger partial charge in [-0.15, -0.1) is 0 Å². The van der Waals surface area contributed by atoms with Crippen LogP contribution in [0.1, 0.15) is 13.8 Å². The second-order valence-corrected chi connectivity index (χ2v) is 4.26. The smallest absolute Gasteiger partial charge is 0.204 e. The van der Waals surface area contributed by atoms with Crippen molar-refractivity contribution in [2.45, 2.75) is 32.3 Å². The molecular weight excluding hydrogens is 223 g/mol. The molecule has 0 amide bonds. The lowest BCUT2D eigenvalue weighted by atomic mass is 10.5. The molecule has 0 aromatic heterocycles. The van der Waals surface area contributed by atoms with Gasteiger partial charge in [0.25, 0.3) is 0 Å². The minimum absolute atomic E-state index is 0.0642. The van der Waals surface area contributed by atoms with Crippen molar-refractivity contribution in [1.82, 2.24) is 0 Å². The first-order chi connectivity index (χ1) is 7.19. The quantitative estimate of drug-likeness (QED) is 0.529. The molecule has 0 bridgehead atoms. The third-order valence-electron chi connectivity index (χ3n) is 1.72. The second-order valence-electron chi connectivity index (χ2n) is 2.89. The third-order valence-corrected chi connectivity index (χ3v) is 3.07. The van der Waals surface area contributed by atoms with E-state index >= 15 is 0 Å². The zero-order valence-electron chi connectivity index (χ0n) is 9.08. The highest BCUT2D eigenvalue weighted by Crippen LogP contribution is 2.43. The van der Waals surface area contributed by atoms with Crippen molar-refractivity contribution >= 4 is 8.38 Å². The molecule has 2 unspecified atom stereocenters. The van der Waals surface area contributed by atoms with Gasteiger partial charge >= 0.3 is 0 Å². The summed E-state index contributed by atoms with van der Waals surface area (Å²) in [7, 11) is -0.218. The Kier molecular flexibility index (Phi) is 5.92. The van der Waals surface area contributed by atoms with E-state index in [4.69, 9.17) is 23.5 Å². The van der Waals surface area contributed by atoms with Crippen molar-refractivity contribution in [3.05, 3.63) is 0 Å². The Bertz CT molecular complexity index is 170. The predicted octanol–water partition coefficient (Wildman–Crippen LogP) is 0.993. The fraction of sp³-hybridized carbons (Fsp3) is 1.00. The van der Waals surface area contributed by atoms with E-state index in [-0.39, 0.29) is 13.1 Å². The fourth-order valence-corrected chi connectivity index (χ4v) is 2.06. The topological polar surface area (TPSA) is 66.4 Å². The first-order valence-electron chi connectivity index (χ1n) is 4.71. The van der Waals surface area contributed by atoms with Crippen molar-refractivity contribution in [3.63, 3.8) is 0 Å². The van der Waals surface area contributed by atoms with Crippen molar-refractivity contribution in [1.29, 1.82) is 0 Å². The van der Waals surface area contributed by atoms with Crippen molar-refractivity contribution < 1.29 is 28.4 Å². The zero-order chi connectivity index (χ0) is 11.3. The molecule has 6 nitrogen and oxygen atoms in total. The number of methoxy groups -OCH3 is 1. The van der Waals surface area contributed by atoms with Crippen LogP contribution in [0.5, 0.6) is 0 Å². The van der Waals surface area contributed by atoms with E-state index in [1.165, 1.54) is 7.11 Å². The molecule has 0 aromatic carbocycles. The lowest BCUT2D eigenvalue weighted by Crippen LogP contribution is -2.47. The van der Waals surface area contributed by atoms with E-state index in [2.05, 4.69) is 0 Å². The predicted molar refractivity (Wildman–Crippen MR) is 52.9 cm³/mol. The Morgan fingerprint density at radius 3 is 2.60 bits per heavy atom. The molecule has 0 radical (unpaired) electrons. The minimum Gasteiger partial charge on any atom is -0.359 e. The highest BCUT2D eigenvalue weighted by Gasteiger charge is 2.40. The molecule has 0 aliphatic carbocycles. The van der Waals surface area contributed by atoms with E-state index < -0.39 is 20.5 Å². The van der Waals surface area contributed by atoms with Gasteiger partial charge in [-0.25, -0.2) is 0 Å². The molecular formula is C8H17O6P. The molecule has 0 aromatic rings. The van der Waals surface area contributed by atoms with Gasteiger partial charge in [0.1, 0.15) is 6.79 Å². The van der Waals surface area contributed by atoms with Crippen LogP contribution in [0.2, 0.25) is 0 Å². The van der Waals surface area contributed by atoms with E-state index in [0.29, 0.717) is 6.61 Å². The van der Waals surface area contributed by atoms with Gasteiger partial charge < -0.3 is 28.4 Å². The molecule has 0 saturated carbocycles. The van der Waals surface area contributed by atoms with E-state index in [9.17, 15) is 4.89 Å². The highest BCUT2D eigenvalue weighted by atomic mass is 31.2. The Hall–Kier alpha value is 0.190. The Labute approximate surface area is 90.3 Å². The molecule has 15 heavy (non-hydrogen) atoms. The minimum atomic E-state index is -1.72. The summed E-state index contributed by atoms with van der Waals surface area (Å²) < 4.78 is 25.5. The summed E-state index contributed by atoms with van der Waals surface area (Å²) in [5.41, 5.74) is 0. The van der Waals surface area contributed by atoms with Gasteiger partial charge in [-0.05, 0) is 13.8 Å². The molecule has 1 heterocycles. The number of hydrogen-bond acceptors (Lipinski definition) is 6. The van der Waals surface area contributed by atoms with Crippen LogP contribution in [-0.4, -0.2) is 43.8 Å². The molecule has 2 atom stereocenters. The van der Waals surface area contributed by atoms with Crippen LogP contribution in [0.4, 0.5) is 0 Å². The molecule has 1 fully saturated rings. The Morgan fingerprint density at radius 2 is 2.13 bits per heavy atom. The van der Waals surface area contributed by atoms with Gasteiger partial charge in [0, 0.05) is 7.11 Å². The van der Waals surface area contributed by atoms with Crippen LogP contribution < -0.4 is 0 Å². The SMILES string of the molecule is CCOP(O)C(OCOC)C1OC(C)O1. The van der Waals surface area contributed by atoms with Crippen LogP contribution in [0, 0.1) is 0 Å². The number of rotatable bonds is 7. The molecule has 7 heteroatoms. The average molecular weight is 240 g/mol. The summed E-state index contributed by atoms with van der Waals surface area (Å²) in [6, 6.07) is 0. The standard InChI is InChI=1S/C8H17O6P/c1-4-12-15(9)8(11-5-10-3)7-13-6(2)14-7/h6-9H,4-5H2,1-3H3. The third kappa shape index (κ3) is 3.92. The van der Waals surface area contributed by atoms with Crippen LogP contribution >= 0.6 is 8.38 Å². The van der Waals surface area contributed by atoms with Gasteiger partial charge in [-0.1, -0.05) is 0 Å². The average Bonchev–Trinajstić information content (AvgIpc) is 2.16. The fourth-order valence-electron chi connectivity index (χ4n) is 1.11. The first kappa shape index (κ1) is 13.3. The maximum atomic E-state index is 9.66. The summed E-state index contributed by atoms with van der Waals surface area (Å²) in [5, 5.41) is 0. The van der Waals surface area contributed by atoms with Gasteiger partial charge in [0.15, 0.2) is 18.4 Å². The van der Waals surface area contributed by atoms with Crippen molar-refractivity contribution in [3.8, 4) is 0 Å².